The van der Waals surface area contributed by atoms with Crippen LogP contribution in [0.15, 0.2) is 18.2 Å². The van der Waals surface area contributed by atoms with Crippen molar-refractivity contribution in [2.24, 2.45) is 5.84 Å². The maximum Gasteiger partial charge on any atom is 0.233 e. The molecule has 0 saturated heterocycles. The molecule has 96 valence electrons. The number of carbonyl (C=O) groups excluding carboxylic acids is 1. The van der Waals surface area contributed by atoms with E-state index in [1.807, 2.05) is 6.07 Å². The van der Waals surface area contributed by atoms with Crippen LogP contribution < -0.4 is 16.0 Å². The molecule has 0 bridgehead atoms. The number of hydrogen-bond acceptors (Lipinski definition) is 4. The highest BCUT2D eigenvalue weighted by Crippen LogP contribution is 2.25. The number of amides is 1. The summed E-state index contributed by atoms with van der Waals surface area (Å²) in [5.74, 6) is 5.22. The molecule has 0 saturated carbocycles. The first kappa shape index (κ1) is 14.3. The number of nitrogens with two attached hydrogens (primary N) is 1. The predicted molar refractivity (Wildman–Crippen MR) is 67.8 cm³/mol. The fourth-order valence-corrected chi connectivity index (χ4v) is 1.58. The molecule has 3 N–H and O–H groups in total. The average molecular weight is 268 g/mol. The van der Waals surface area contributed by atoms with Gasteiger partial charge in [-0.05, 0) is 25.0 Å². The first-order valence-electron chi connectivity index (χ1n) is 5.50. The number of benzene rings is 1. The van der Waals surface area contributed by atoms with Crippen molar-refractivity contribution in [3.05, 3.63) is 28.8 Å². The number of nitrogens with zero attached hydrogens (tertiary/aromatic N) is 1. The lowest BCUT2D eigenvalue weighted by Gasteiger charge is -2.08. The highest BCUT2D eigenvalue weighted by atomic mass is 35.5. The molecule has 0 atom stereocenters. The van der Waals surface area contributed by atoms with Gasteiger partial charge in [0.1, 0.15) is 17.4 Å². The number of hydrogen-bond donors (Lipinski definition) is 2. The molecule has 5 nitrogen and oxygen atoms in total. The Labute approximate surface area is 110 Å². The van der Waals surface area contributed by atoms with Gasteiger partial charge in [-0.15, -0.1) is 0 Å². The van der Waals surface area contributed by atoms with E-state index in [1.54, 1.807) is 18.2 Å². The summed E-state index contributed by atoms with van der Waals surface area (Å²) < 4.78 is 5.45. The van der Waals surface area contributed by atoms with Gasteiger partial charge >= 0.3 is 0 Å². The third kappa shape index (κ3) is 4.24. The normalized spacial score (nSPS) is 9.61. The second kappa shape index (κ2) is 7.54. The topological polar surface area (TPSA) is 88.1 Å². The Morgan fingerprint density at radius 1 is 1.50 bits per heavy atom. The van der Waals surface area contributed by atoms with Gasteiger partial charge in [-0.1, -0.05) is 17.7 Å². The van der Waals surface area contributed by atoms with Crippen LogP contribution in [0.2, 0.25) is 5.02 Å². The molecule has 0 spiro atoms. The van der Waals surface area contributed by atoms with Gasteiger partial charge in [-0.2, -0.15) is 5.26 Å². The van der Waals surface area contributed by atoms with Crippen molar-refractivity contribution in [1.82, 2.24) is 5.43 Å². The summed E-state index contributed by atoms with van der Waals surface area (Å²) in [5, 5.41) is 9.30. The highest BCUT2D eigenvalue weighted by Gasteiger charge is 2.07. The smallest absolute Gasteiger partial charge is 0.233 e. The second-order valence-corrected chi connectivity index (χ2v) is 4.01. The molecule has 0 aromatic heterocycles. The van der Waals surface area contributed by atoms with Crippen molar-refractivity contribution in [1.29, 1.82) is 5.26 Å². The van der Waals surface area contributed by atoms with E-state index in [1.165, 1.54) is 0 Å². The number of unbranched alkanes of at least 4 members (excludes halogenated alkanes) is 1. The molecule has 6 heteroatoms. The molecular weight excluding hydrogens is 254 g/mol. The molecule has 1 aromatic rings. The van der Waals surface area contributed by atoms with Gasteiger partial charge in [0.15, 0.2) is 0 Å². The summed E-state index contributed by atoms with van der Waals surface area (Å²) in [6.45, 7) is 0.423. The molecule has 1 aromatic carbocycles. The van der Waals surface area contributed by atoms with Crippen LogP contribution in [0.4, 0.5) is 0 Å². The van der Waals surface area contributed by atoms with Crippen LogP contribution in [-0.4, -0.2) is 12.5 Å². The van der Waals surface area contributed by atoms with Gasteiger partial charge in [0.2, 0.25) is 5.91 Å². The maximum atomic E-state index is 10.9. The summed E-state index contributed by atoms with van der Waals surface area (Å²) in [6, 6.07) is 7.05. The van der Waals surface area contributed by atoms with Crippen molar-refractivity contribution in [2.45, 2.75) is 19.3 Å². The molecule has 0 unspecified atom stereocenters. The van der Waals surface area contributed by atoms with Gasteiger partial charge in [-0.3, -0.25) is 10.2 Å². The molecule has 0 radical (unpaired) electrons. The lowest BCUT2D eigenvalue weighted by Crippen LogP contribution is -2.29. The van der Waals surface area contributed by atoms with Crippen molar-refractivity contribution >= 4 is 17.5 Å². The van der Waals surface area contributed by atoms with Crippen LogP contribution in [0.5, 0.6) is 5.75 Å². The van der Waals surface area contributed by atoms with Crippen LogP contribution in [0.1, 0.15) is 24.8 Å². The first-order valence-corrected chi connectivity index (χ1v) is 5.87. The molecule has 1 amide bonds. The summed E-state index contributed by atoms with van der Waals surface area (Å²) in [4.78, 5) is 10.9. The molecule has 0 aliphatic heterocycles. The maximum absolute atomic E-state index is 10.9. The Hall–Kier alpha value is -1.77. The van der Waals surface area contributed by atoms with Crippen molar-refractivity contribution in [3.8, 4) is 11.8 Å². The molecule has 18 heavy (non-hydrogen) atoms. The van der Waals surface area contributed by atoms with Crippen LogP contribution in [-0.2, 0) is 4.79 Å². The number of hydrazine groups is 1. The van der Waals surface area contributed by atoms with Crippen LogP contribution in [0.3, 0.4) is 0 Å². The molecular formula is C12H14ClN3O2. The SMILES string of the molecule is N#Cc1c(Cl)cccc1OCCCCC(=O)NN. The fourth-order valence-electron chi connectivity index (χ4n) is 1.38. The monoisotopic (exact) mass is 267 g/mol. The molecule has 0 aliphatic rings. The zero-order valence-electron chi connectivity index (χ0n) is 9.78. The fraction of sp³-hybridized carbons (Fsp3) is 0.333. The van der Waals surface area contributed by atoms with Crippen LogP contribution in [0.25, 0.3) is 0 Å². The standard InChI is InChI=1S/C12H14ClN3O2/c13-10-4-3-5-11(9(10)8-14)18-7-2-1-6-12(17)16-15/h3-5H,1-2,6-7,15H2,(H,16,17). The Morgan fingerprint density at radius 2 is 2.28 bits per heavy atom. The van der Waals surface area contributed by atoms with E-state index in [-0.39, 0.29) is 5.91 Å². The Balaban J connectivity index is 2.38. The number of nitrogens with one attached hydrogen (secondary N) is 1. The zero-order chi connectivity index (χ0) is 13.4. The number of ether oxygens (including phenoxy) is 1. The van der Waals surface area contributed by atoms with E-state index in [2.05, 4.69) is 5.43 Å². The van der Waals surface area contributed by atoms with Crippen LogP contribution in [0, 0.1) is 11.3 Å². The third-order valence-corrected chi connectivity index (χ3v) is 2.62. The molecule has 0 fully saturated rings. The van der Waals surface area contributed by atoms with Crippen molar-refractivity contribution in [3.63, 3.8) is 0 Å². The lowest BCUT2D eigenvalue weighted by atomic mass is 10.2. The number of nitriles is 1. The molecule has 0 heterocycles. The van der Waals surface area contributed by atoms with Gasteiger partial charge < -0.3 is 4.74 Å². The number of carbonyl (C=O) groups is 1. The molecule has 0 aliphatic carbocycles. The first-order chi connectivity index (χ1) is 8.69. The summed E-state index contributed by atoms with van der Waals surface area (Å²) in [6.07, 6.45) is 1.73. The Kier molecular flexibility index (Phi) is 5.98. The Bertz CT molecular complexity index is 457. The zero-order valence-corrected chi connectivity index (χ0v) is 10.5. The van der Waals surface area contributed by atoms with Gasteiger partial charge in [0.05, 0.1) is 11.6 Å². The summed E-state index contributed by atoms with van der Waals surface area (Å²) in [7, 11) is 0. The van der Waals surface area contributed by atoms with E-state index < -0.39 is 0 Å². The van der Waals surface area contributed by atoms with E-state index in [9.17, 15) is 4.79 Å². The summed E-state index contributed by atoms with van der Waals surface area (Å²) in [5.41, 5.74) is 2.39. The molecule has 1 rings (SSSR count). The van der Waals surface area contributed by atoms with Crippen molar-refractivity contribution in [2.75, 3.05) is 6.61 Å². The van der Waals surface area contributed by atoms with Gasteiger partial charge in [0.25, 0.3) is 0 Å². The second-order valence-electron chi connectivity index (χ2n) is 3.60. The van der Waals surface area contributed by atoms with Gasteiger partial charge in [0, 0.05) is 6.42 Å². The van der Waals surface area contributed by atoms with Gasteiger partial charge in [-0.25, -0.2) is 5.84 Å². The van der Waals surface area contributed by atoms with Crippen molar-refractivity contribution < 1.29 is 9.53 Å². The minimum absolute atomic E-state index is 0.199. The van der Waals surface area contributed by atoms with Crippen LogP contribution >= 0.6 is 11.6 Å². The Morgan fingerprint density at radius 3 is 2.94 bits per heavy atom. The summed E-state index contributed by atoms with van der Waals surface area (Å²) >= 11 is 5.86. The van der Waals surface area contributed by atoms with E-state index in [0.717, 1.165) is 0 Å². The third-order valence-electron chi connectivity index (χ3n) is 2.30. The average Bonchev–Trinajstić information content (AvgIpc) is 2.38. The predicted octanol–water partition coefficient (Wildman–Crippen LogP) is 1.75. The highest BCUT2D eigenvalue weighted by molar-refractivity contribution is 6.31. The lowest BCUT2D eigenvalue weighted by molar-refractivity contribution is -0.121. The minimum atomic E-state index is -0.199. The van der Waals surface area contributed by atoms with E-state index in [4.69, 9.17) is 27.4 Å². The number of halogens is 1. The van der Waals surface area contributed by atoms with E-state index >= 15 is 0 Å². The number of rotatable bonds is 6. The largest absolute Gasteiger partial charge is 0.492 e. The van der Waals surface area contributed by atoms with E-state index in [0.29, 0.717) is 42.2 Å². The quantitative estimate of drug-likeness (QED) is 0.356. The minimum Gasteiger partial charge on any atom is -0.492 e.